The van der Waals surface area contributed by atoms with Gasteiger partial charge >= 0.3 is 0 Å². The highest BCUT2D eigenvalue weighted by Gasteiger charge is 2.08. The fraction of sp³-hybridized carbons (Fsp3) is 0.500. The zero-order valence-electron chi connectivity index (χ0n) is 11.0. The van der Waals surface area contributed by atoms with Gasteiger partial charge in [0.25, 0.3) is 0 Å². The summed E-state index contributed by atoms with van der Waals surface area (Å²) in [6.45, 7) is 6.08. The van der Waals surface area contributed by atoms with E-state index < -0.39 is 0 Å². The van der Waals surface area contributed by atoms with E-state index in [-0.39, 0.29) is 5.91 Å². The van der Waals surface area contributed by atoms with E-state index in [1.807, 2.05) is 30.9 Å². The number of halogens is 1. The minimum Gasteiger partial charge on any atom is -0.494 e. The average Bonchev–Trinajstić information content (AvgIpc) is 2.38. The van der Waals surface area contributed by atoms with Crippen LogP contribution in [0.15, 0.2) is 24.3 Å². The number of ether oxygens (including phenoxy) is 1. The van der Waals surface area contributed by atoms with E-state index >= 15 is 0 Å². The molecule has 0 saturated carbocycles. The molecule has 0 heterocycles. The molecule has 0 aliphatic carbocycles. The summed E-state index contributed by atoms with van der Waals surface area (Å²) in [5.41, 5.74) is 0. The molecule has 0 aliphatic heterocycles. The van der Waals surface area contributed by atoms with E-state index in [9.17, 15) is 4.79 Å². The number of hydrogen-bond donors (Lipinski definition) is 0. The van der Waals surface area contributed by atoms with Gasteiger partial charge in [-0.05, 0) is 44.5 Å². The molecule has 1 rings (SSSR count). The van der Waals surface area contributed by atoms with Gasteiger partial charge in [0.1, 0.15) is 5.75 Å². The molecule has 100 valence electrons. The molecular weight excluding hydrogens is 250 g/mol. The van der Waals surface area contributed by atoms with Gasteiger partial charge < -0.3 is 9.64 Å². The van der Waals surface area contributed by atoms with Crippen LogP contribution in [0.25, 0.3) is 0 Å². The van der Waals surface area contributed by atoms with Crippen LogP contribution >= 0.6 is 11.6 Å². The van der Waals surface area contributed by atoms with E-state index in [0.717, 1.165) is 25.3 Å². The summed E-state index contributed by atoms with van der Waals surface area (Å²) in [7, 11) is 0. The Hall–Kier alpha value is -1.22. The van der Waals surface area contributed by atoms with Crippen molar-refractivity contribution in [2.24, 2.45) is 0 Å². The lowest BCUT2D eigenvalue weighted by molar-refractivity contribution is -0.131. The van der Waals surface area contributed by atoms with Gasteiger partial charge in [-0.3, -0.25) is 4.79 Å². The van der Waals surface area contributed by atoms with Crippen molar-refractivity contribution in [3.8, 4) is 5.75 Å². The van der Waals surface area contributed by atoms with Crippen molar-refractivity contribution in [1.29, 1.82) is 0 Å². The van der Waals surface area contributed by atoms with Crippen molar-refractivity contribution < 1.29 is 9.53 Å². The fourth-order valence-electron chi connectivity index (χ4n) is 1.68. The van der Waals surface area contributed by atoms with E-state index in [1.54, 1.807) is 12.1 Å². The number of carbonyl (C=O) groups excluding carboxylic acids is 1. The lowest BCUT2D eigenvalue weighted by atomic mass is 10.3. The first-order valence-corrected chi connectivity index (χ1v) is 6.71. The van der Waals surface area contributed by atoms with Crippen LogP contribution in [-0.2, 0) is 4.79 Å². The predicted molar refractivity (Wildman–Crippen MR) is 74.1 cm³/mol. The van der Waals surface area contributed by atoms with Crippen molar-refractivity contribution in [3.05, 3.63) is 29.3 Å². The number of benzene rings is 1. The van der Waals surface area contributed by atoms with Gasteiger partial charge in [-0.2, -0.15) is 0 Å². The number of nitrogens with zero attached hydrogens (tertiary/aromatic N) is 1. The maximum absolute atomic E-state index is 11.7. The number of amides is 1. The third-order valence-corrected chi connectivity index (χ3v) is 2.99. The molecular formula is C14H20ClNO2. The molecule has 0 radical (unpaired) electrons. The normalized spacial score (nSPS) is 10.2. The Morgan fingerprint density at radius 3 is 2.39 bits per heavy atom. The molecule has 1 aromatic carbocycles. The predicted octanol–water partition coefficient (Wildman–Crippen LogP) is 3.37. The maximum Gasteiger partial charge on any atom is 0.222 e. The molecule has 3 nitrogen and oxygen atoms in total. The van der Waals surface area contributed by atoms with Crippen LogP contribution < -0.4 is 4.74 Å². The summed E-state index contributed by atoms with van der Waals surface area (Å²) >= 11 is 5.78. The minimum absolute atomic E-state index is 0.194. The second-order valence-corrected chi connectivity index (χ2v) is 4.41. The highest BCUT2D eigenvalue weighted by Crippen LogP contribution is 2.15. The van der Waals surface area contributed by atoms with Gasteiger partial charge in [0.05, 0.1) is 6.61 Å². The van der Waals surface area contributed by atoms with Gasteiger partial charge in [-0.25, -0.2) is 0 Å². The molecule has 4 heteroatoms. The summed E-state index contributed by atoms with van der Waals surface area (Å²) in [6, 6.07) is 7.24. The average molecular weight is 270 g/mol. The first-order valence-electron chi connectivity index (χ1n) is 6.33. The Kier molecular flexibility index (Phi) is 6.58. The van der Waals surface area contributed by atoms with Crippen LogP contribution in [0.5, 0.6) is 5.75 Å². The zero-order valence-corrected chi connectivity index (χ0v) is 11.7. The summed E-state index contributed by atoms with van der Waals surface area (Å²) in [5.74, 6) is 0.981. The summed E-state index contributed by atoms with van der Waals surface area (Å²) < 4.78 is 5.53. The summed E-state index contributed by atoms with van der Waals surface area (Å²) in [6.07, 6.45) is 1.27. The highest BCUT2D eigenvalue weighted by molar-refractivity contribution is 6.30. The van der Waals surface area contributed by atoms with Crippen LogP contribution in [0, 0.1) is 0 Å². The molecule has 0 unspecified atom stereocenters. The molecule has 18 heavy (non-hydrogen) atoms. The number of carbonyl (C=O) groups is 1. The first kappa shape index (κ1) is 14.8. The summed E-state index contributed by atoms with van der Waals surface area (Å²) in [5, 5.41) is 0.694. The standard InChI is InChI=1S/C14H20ClNO2/c1-3-16(4-2)14(17)6-5-11-18-13-9-7-12(15)8-10-13/h7-10H,3-6,11H2,1-2H3. The molecule has 0 spiro atoms. The Morgan fingerprint density at radius 1 is 1.22 bits per heavy atom. The molecule has 0 bridgehead atoms. The molecule has 1 aromatic rings. The van der Waals surface area contributed by atoms with Gasteiger partial charge in [-0.1, -0.05) is 11.6 Å². The monoisotopic (exact) mass is 269 g/mol. The van der Waals surface area contributed by atoms with Crippen LogP contribution in [-0.4, -0.2) is 30.5 Å². The second-order valence-electron chi connectivity index (χ2n) is 3.97. The first-order chi connectivity index (χ1) is 8.67. The largest absolute Gasteiger partial charge is 0.494 e. The molecule has 0 N–H and O–H groups in total. The van der Waals surface area contributed by atoms with Crippen molar-refractivity contribution in [1.82, 2.24) is 4.90 Å². The Morgan fingerprint density at radius 2 is 1.83 bits per heavy atom. The van der Waals surface area contributed by atoms with Gasteiger partial charge in [-0.15, -0.1) is 0 Å². The third kappa shape index (κ3) is 4.96. The number of rotatable bonds is 7. The van der Waals surface area contributed by atoms with E-state index in [4.69, 9.17) is 16.3 Å². The van der Waals surface area contributed by atoms with Crippen LogP contribution in [0.4, 0.5) is 0 Å². The van der Waals surface area contributed by atoms with Crippen LogP contribution in [0.1, 0.15) is 26.7 Å². The van der Waals surface area contributed by atoms with Crippen molar-refractivity contribution >= 4 is 17.5 Å². The molecule has 1 amide bonds. The lowest BCUT2D eigenvalue weighted by Gasteiger charge is -2.18. The number of hydrogen-bond acceptors (Lipinski definition) is 2. The SMILES string of the molecule is CCN(CC)C(=O)CCCOc1ccc(Cl)cc1. The molecule has 0 fully saturated rings. The molecule has 0 atom stereocenters. The summed E-state index contributed by atoms with van der Waals surface area (Å²) in [4.78, 5) is 13.5. The third-order valence-electron chi connectivity index (χ3n) is 2.73. The van der Waals surface area contributed by atoms with Crippen molar-refractivity contribution in [2.45, 2.75) is 26.7 Å². The zero-order chi connectivity index (χ0) is 13.4. The molecule has 0 aliphatic rings. The molecule has 0 aromatic heterocycles. The van der Waals surface area contributed by atoms with Crippen molar-refractivity contribution in [3.63, 3.8) is 0 Å². The highest BCUT2D eigenvalue weighted by atomic mass is 35.5. The second kappa shape index (κ2) is 7.98. The Balaban J connectivity index is 2.22. The van der Waals surface area contributed by atoms with Gasteiger partial charge in [0, 0.05) is 24.5 Å². The van der Waals surface area contributed by atoms with Crippen molar-refractivity contribution in [2.75, 3.05) is 19.7 Å². The Labute approximate surface area is 114 Å². The van der Waals surface area contributed by atoms with E-state index in [2.05, 4.69) is 0 Å². The lowest BCUT2D eigenvalue weighted by Crippen LogP contribution is -2.30. The quantitative estimate of drug-likeness (QED) is 0.711. The Bertz CT molecular complexity index is 361. The topological polar surface area (TPSA) is 29.5 Å². The van der Waals surface area contributed by atoms with Crippen LogP contribution in [0.2, 0.25) is 5.02 Å². The minimum atomic E-state index is 0.194. The van der Waals surface area contributed by atoms with Crippen LogP contribution in [0.3, 0.4) is 0 Å². The van der Waals surface area contributed by atoms with E-state index in [0.29, 0.717) is 18.1 Å². The van der Waals surface area contributed by atoms with E-state index in [1.165, 1.54) is 0 Å². The van der Waals surface area contributed by atoms with Gasteiger partial charge in [0.2, 0.25) is 5.91 Å². The fourth-order valence-corrected chi connectivity index (χ4v) is 1.80. The smallest absolute Gasteiger partial charge is 0.222 e. The molecule has 0 saturated heterocycles. The maximum atomic E-state index is 11.7. The van der Waals surface area contributed by atoms with Gasteiger partial charge in [0.15, 0.2) is 0 Å².